The lowest BCUT2D eigenvalue weighted by Crippen LogP contribution is -2.29. The Bertz CT molecular complexity index is 533. The molecular weight excluding hydrogens is 372 g/mol. The van der Waals surface area contributed by atoms with Gasteiger partial charge in [0.05, 0.1) is 43.4 Å². The highest BCUT2D eigenvalue weighted by Gasteiger charge is 2.34. The van der Waals surface area contributed by atoms with Crippen LogP contribution in [0.4, 0.5) is 0 Å². The van der Waals surface area contributed by atoms with Crippen molar-refractivity contribution in [1.29, 1.82) is 0 Å². The molecule has 3 atom stereocenters. The molecule has 0 spiro atoms. The van der Waals surface area contributed by atoms with Crippen molar-refractivity contribution in [1.82, 2.24) is 0 Å². The van der Waals surface area contributed by atoms with Crippen LogP contribution in [0.5, 0.6) is 0 Å². The first-order chi connectivity index (χ1) is 13.9. The molecule has 2 saturated carbocycles. The van der Waals surface area contributed by atoms with Crippen molar-refractivity contribution >= 4 is 11.9 Å². The Morgan fingerprint density at radius 3 is 2.07 bits per heavy atom. The molecule has 0 bridgehead atoms. The lowest BCUT2D eigenvalue weighted by atomic mass is 9.82. The van der Waals surface area contributed by atoms with Crippen molar-refractivity contribution in [3.05, 3.63) is 0 Å². The molecule has 29 heavy (non-hydrogen) atoms. The van der Waals surface area contributed by atoms with Crippen LogP contribution >= 0.6 is 0 Å². The largest absolute Gasteiger partial charge is 0.465 e. The van der Waals surface area contributed by atoms with Crippen LogP contribution < -0.4 is 0 Å². The van der Waals surface area contributed by atoms with E-state index < -0.39 is 0 Å². The number of hydrogen-bond donors (Lipinski definition) is 1. The van der Waals surface area contributed by atoms with Gasteiger partial charge in [-0.15, -0.1) is 0 Å². The third kappa shape index (κ3) is 7.25. The summed E-state index contributed by atoms with van der Waals surface area (Å²) in [5.41, 5.74) is 0. The van der Waals surface area contributed by atoms with Crippen molar-refractivity contribution in [2.75, 3.05) is 13.2 Å². The van der Waals surface area contributed by atoms with Crippen LogP contribution in [0.2, 0.25) is 0 Å². The molecule has 1 saturated heterocycles. The average Bonchev–Trinajstić information content (AvgIpc) is 3.44. The first-order valence-corrected chi connectivity index (χ1v) is 11.6. The van der Waals surface area contributed by atoms with E-state index in [0.717, 1.165) is 51.4 Å². The average molecular weight is 411 g/mol. The van der Waals surface area contributed by atoms with Gasteiger partial charge < -0.3 is 19.3 Å². The lowest BCUT2D eigenvalue weighted by molar-refractivity contribution is -0.153. The Hall–Kier alpha value is -1.14. The van der Waals surface area contributed by atoms with Gasteiger partial charge in [-0.05, 0) is 83.0 Å². The van der Waals surface area contributed by atoms with E-state index in [1.54, 1.807) is 0 Å². The van der Waals surface area contributed by atoms with E-state index >= 15 is 0 Å². The summed E-state index contributed by atoms with van der Waals surface area (Å²) in [5.74, 6) is 0.554. The molecule has 3 fully saturated rings. The van der Waals surface area contributed by atoms with Crippen molar-refractivity contribution in [3.63, 3.8) is 0 Å². The van der Waals surface area contributed by atoms with Crippen molar-refractivity contribution < 1.29 is 28.9 Å². The molecule has 1 heterocycles. The maximum atomic E-state index is 12.2. The zero-order valence-electron chi connectivity index (χ0n) is 18.0. The third-order valence-electron chi connectivity index (χ3n) is 7.04. The lowest BCUT2D eigenvalue weighted by Gasteiger charge is -2.29. The van der Waals surface area contributed by atoms with Crippen LogP contribution in [-0.4, -0.2) is 48.6 Å². The second kappa shape index (κ2) is 10.8. The molecule has 0 aromatic heterocycles. The van der Waals surface area contributed by atoms with E-state index in [2.05, 4.69) is 6.92 Å². The zero-order valence-corrected chi connectivity index (χ0v) is 18.0. The molecule has 1 aliphatic heterocycles. The van der Waals surface area contributed by atoms with E-state index in [4.69, 9.17) is 14.2 Å². The molecule has 6 heteroatoms. The minimum atomic E-state index is -0.248. The van der Waals surface area contributed by atoms with Gasteiger partial charge >= 0.3 is 11.9 Å². The van der Waals surface area contributed by atoms with Crippen LogP contribution in [0.1, 0.15) is 78.1 Å². The number of hydrogen-bond acceptors (Lipinski definition) is 6. The molecule has 0 amide bonds. The summed E-state index contributed by atoms with van der Waals surface area (Å²) >= 11 is 0. The van der Waals surface area contributed by atoms with Crippen LogP contribution in [0.3, 0.4) is 0 Å². The summed E-state index contributed by atoms with van der Waals surface area (Å²) in [5, 5.41) is 9.55. The van der Waals surface area contributed by atoms with Crippen LogP contribution in [0, 0.1) is 23.7 Å². The molecule has 0 radical (unpaired) electrons. The summed E-state index contributed by atoms with van der Waals surface area (Å²) in [6.07, 6.45) is 9.16. The molecule has 3 unspecified atom stereocenters. The van der Waals surface area contributed by atoms with Gasteiger partial charge in [0.1, 0.15) is 0 Å². The quantitative estimate of drug-likeness (QED) is 0.461. The fraction of sp³-hybridized carbons (Fsp3) is 0.913. The van der Waals surface area contributed by atoms with E-state index in [9.17, 15) is 14.7 Å². The Kier molecular flexibility index (Phi) is 8.36. The number of aliphatic hydroxyl groups excluding tert-OH is 1. The van der Waals surface area contributed by atoms with Crippen LogP contribution in [0.25, 0.3) is 0 Å². The van der Waals surface area contributed by atoms with Crippen LogP contribution in [0.15, 0.2) is 0 Å². The molecule has 1 N–H and O–H groups in total. The number of esters is 2. The molecule has 3 rings (SSSR count). The number of rotatable bonds is 9. The Morgan fingerprint density at radius 2 is 1.52 bits per heavy atom. The molecule has 0 aromatic rings. The van der Waals surface area contributed by atoms with Gasteiger partial charge in [0.2, 0.25) is 0 Å². The number of ether oxygens (including phenoxy) is 3. The second-order valence-electron chi connectivity index (χ2n) is 9.51. The van der Waals surface area contributed by atoms with Crippen molar-refractivity contribution in [2.24, 2.45) is 23.7 Å². The summed E-state index contributed by atoms with van der Waals surface area (Å²) in [6, 6.07) is 0. The summed E-state index contributed by atoms with van der Waals surface area (Å²) in [4.78, 5) is 24.4. The summed E-state index contributed by atoms with van der Waals surface area (Å²) < 4.78 is 16.5. The smallest absolute Gasteiger partial charge is 0.308 e. The van der Waals surface area contributed by atoms with Gasteiger partial charge in [-0.25, -0.2) is 0 Å². The van der Waals surface area contributed by atoms with Gasteiger partial charge in [0.15, 0.2) is 0 Å². The fourth-order valence-electron chi connectivity index (χ4n) is 4.60. The fourth-order valence-corrected chi connectivity index (χ4v) is 4.60. The minimum absolute atomic E-state index is 0.0363. The highest BCUT2D eigenvalue weighted by Crippen LogP contribution is 2.31. The monoisotopic (exact) mass is 410 g/mol. The number of epoxide rings is 1. The zero-order chi connectivity index (χ0) is 20.8. The Balaban J connectivity index is 1.24. The number of carbonyl (C=O) groups excluding carboxylic acids is 2. The van der Waals surface area contributed by atoms with Gasteiger partial charge in [0.25, 0.3) is 0 Å². The van der Waals surface area contributed by atoms with E-state index in [1.165, 1.54) is 0 Å². The third-order valence-corrected chi connectivity index (χ3v) is 7.04. The number of aliphatic hydroxyl groups is 1. The molecule has 2 aliphatic carbocycles. The van der Waals surface area contributed by atoms with Gasteiger partial charge in [-0.2, -0.15) is 0 Å². The number of carbonyl (C=O) groups is 2. The van der Waals surface area contributed by atoms with Gasteiger partial charge in [0, 0.05) is 0 Å². The normalized spacial score (nSPS) is 35.6. The van der Waals surface area contributed by atoms with Gasteiger partial charge in [-0.3, -0.25) is 9.59 Å². The predicted octanol–water partition coefficient (Wildman–Crippen LogP) is 3.63. The summed E-state index contributed by atoms with van der Waals surface area (Å²) in [6.45, 7) is 5.01. The van der Waals surface area contributed by atoms with Crippen LogP contribution in [-0.2, 0) is 23.8 Å². The van der Waals surface area contributed by atoms with E-state index in [-0.39, 0.29) is 29.9 Å². The maximum Gasteiger partial charge on any atom is 0.308 e. The summed E-state index contributed by atoms with van der Waals surface area (Å²) in [7, 11) is 0. The van der Waals surface area contributed by atoms with E-state index in [1.807, 2.05) is 6.92 Å². The molecule has 6 nitrogen and oxygen atoms in total. The molecule has 0 aromatic carbocycles. The van der Waals surface area contributed by atoms with Crippen molar-refractivity contribution in [2.45, 2.75) is 96.4 Å². The molecular formula is C23H38O6. The highest BCUT2D eigenvalue weighted by molar-refractivity contribution is 5.72. The Labute approximate surface area is 174 Å². The van der Waals surface area contributed by atoms with Gasteiger partial charge in [-0.1, -0.05) is 6.92 Å². The SMILES string of the molecule is CC(CCC1OC1C)C(=O)OCC1CCC(COC(=O)C2CCC(O)CC2)CC1. The predicted molar refractivity (Wildman–Crippen MR) is 108 cm³/mol. The second-order valence-corrected chi connectivity index (χ2v) is 9.51. The molecule has 3 aliphatic rings. The minimum Gasteiger partial charge on any atom is -0.465 e. The van der Waals surface area contributed by atoms with Crippen molar-refractivity contribution in [3.8, 4) is 0 Å². The first kappa shape index (κ1) is 22.5. The Morgan fingerprint density at radius 1 is 0.966 bits per heavy atom. The molecule has 166 valence electrons. The maximum absolute atomic E-state index is 12.2. The first-order valence-electron chi connectivity index (χ1n) is 11.6. The topological polar surface area (TPSA) is 85.4 Å². The highest BCUT2D eigenvalue weighted by atomic mass is 16.6. The van der Waals surface area contributed by atoms with E-state index in [0.29, 0.717) is 50.1 Å². The standard InChI is InChI=1S/C23H38O6/c1-15(3-12-21-16(2)29-21)22(25)27-13-17-4-6-18(7-5-17)14-28-23(26)19-8-10-20(24)11-9-19/h15-21,24H,3-14H2,1-2H3.